The van der Waals surface area contributed by atoms with E-state index in [9.17, 15) is 23.3 Å². The molecular weight excluding hydrogens is 412 g/mol. The number of nitrogens with zero attached hydrogens (tertiary/aromatic N) is 2. The van der Waals surface area contributed by atoms with Crippen LogP contribution in [0.1, 0.15) is 5.56 Å². The molecule has 0 atom stereocenters. The van der Waals surface area contributed by atoms with E-state index in [0.717, 1.165) is 6.07 Å². The Balaban J connectivity index is 1.65. The van der Waals surface area contributed by atoms with Crippen molar-refractivity contribution in [3.63, 3.8) is 0 Å². The molecule has 2 aromatic carbocycles. The molecule has 3 rings (SSSR count). The van der Waals surface area contributed by atoms with E-state index in [2.05, 4.69) is 10.0 Å². The van der Waals surface area contributed by atoms with Gasteiger partial charge in [0.2, 0.25) is 5.91 Å². The minimum atomic E-state index is -4.02. The van der Waals surface area contributed by atoms with E-state index < -0.39 is 14.9 Å². The summed E-state index contributed by atoms with van der Waals surface area (Å²) in [5, 5.41) is 13.7. The number of carbonyl (C=O) groups excluding carboxylic acids is 1. The standard InChI is InChI=1S/C19H22N4O6S/c1-14-2-7-17(23(25)26)12-18(14)30(27,28)21-16-5-3-15(4-6-16)20-19(24)13-22-8-10-29-11-9-22/h2-7,12,21H,8-11,13H2,1H3,(H,20,24). The third-order valence-electron chi connectivity index (χ3n) is 4.56. The third-order valence-corrected chi connectivity index (χ3v) is 6.09. The Morgan fingerprint density at radius 2 is 1.77 bits per heavy atom. The lowest BCUT2D eigenvalue weighted by atomic mass is 10.2. The monoisotopic (exact) mass is 434 g/mol. The minimum absolute atomic E-state index is 0.167. The van der Waals surface area contributed by atoms with Crippen molar-refractivity contribution in [3.05, 3.63) is 58.1 Å². The third kappa shape index (κ3) is 5.53. The van der Waals surface area contributed by atoms with Crippen LogP contribution in [0.2, 0.25) is 0 Å². The van der Waals surface area contributed by atoms with Gasteiger partial charge in [-0.05, 0) is 36.8 Å². The number of ether oxygens (including phenoxy) is 1. The van der Waals surface area contributed by atoms with Crippen LogP contribution in [0.5, 0.6) is 0 Å². The molecule has 30 heavy (non-hydrogen) atoms. The minimum Gasteiger partial charge on any atom is -0.379 e. The largest absolute Gasteiger partial charge is 0.379 e. The summed E-state index contributed by atoms with van der Waals surface area (Å²) in [6, 6.07) is 9.84. The maximum absolute atomic E-state index is 12.7. The van der Waals surface area contributed by atoms with Crippen LogP contribution in [-0.4, -0.2) is 57.0 Å². The Hall–Kier alpha value is -3.02. The second-order valence-corrected chi connectivity index (χ2v) is 8.48. The molecule has 11 heteroatoms. The molecule has 1 aliphatic heterocycles. The van der Waals surface area contributed by atoms with Crippen molar-refractivity contribution >= 4 is 33.0 Å². The zero-order valence-electron chi connectivity index (χ0n) is 16.3. The van der Waals surface area contributed by atoms with Gasteiger partial charge in [0.15, 0.2) is 0 Å². The number of nitrogens with one attached hydrogen (secondary N) is 2. The summed E-state index contributed by atoms with van der Waals surface area (Å²) in [5.41, 5.74) is 0.884. The number of nitro groups is 1. The number of aryl methyl sites for hydroxylation is 1. The van der Waals surface area contributed by atoms with Gasteiger partial charge >= 0.3 is 0 Å². The molecule has 1 saturated heterocycles. The highest BCUT2D eigenvalue weighted by atomic mass is 32.2. The van der Waals surface area contributed by atoms with Gasteiger partial charge in [-0.1, -0.05) is 6.07 Å². The summed E-state index contributed by atoms with van der Waals surface area (Å²) in [6.07, 6.45) is 0. The number of benzene rings is 2. The van der Waals surface area contributed by atoms with E-state index in [1.54, 1.807) is 19.1 Å². The van der Waals surface area contributed by atoms with Crippen LogP contribution in [0.4, 0.5) is 17.1 Å². The first kappa shape index (κ1) is 21.7. The smallest absolute Gasteiger partial charge is 0.270 e. The lowest BCUT2D eigenvalue weighted by Gasteiger charge is -2.25. The number of sulfonamides is 1. The highest BCUT2D eigenvalue weighted by molar-refractivity contribution is 7.92. The van der Waals surface area contributed by atoms with Crippen molar-refractivity contribution in [1.82, 2.24) is 4.90 Å². The predicted molar refractivity (Wildman–Crippen MR) is 111 cm³/mol. The van der Waals surface area contributed by atoms with Crippen molar-refractivity contribution in [2.75, 3.05) is 42.9 Å². The van der Waals surface area contributed by atoms with Crippen molar-refractivity contribution in [2.24, 2.45) is 0 Å². The van der Waals surface area contributed by atoms with Crippen molar-refractivity contribution in [1.29, 1.82) is 0 Å². The molecule has 0 bridgehead atoms. The number of hydrogen-bond acceptors (Lipinski definition) is 7. The van der Waals surface area contributed by atoms with Crippen LogP contribution < -0.4 is 10.0 Å². The van der Waals surface area contributed by atoms with Gasteiger partial charge in [0.25, 0.3) is 15.7 Å². The molecule has 160 valence electrons. The fourth-order valence-electron chi connectivity index (χ4n) is 2.99. The molecule has 0 aliphatic carbocycles. The fourth-order valence-corrected chi connectivity index (χ4v) is 4.31. The van der Waals surface area contributed by atoms with Crippen molar-refractivity contribution in [3.8, 4) is 0 Å². The number of hydrogen-bond donors (Lipinski definition) is 2. The number of non-ortho nitro benzene ring substituents is 1. The highest BCUT2D eigenvalue weighted by Crippen LogP contribution is 2.24. The van der Waals surface area contributed by atoms with Gasteiger partial charge in [-0.15, -0.1) is 0 Å². The quantitative estimate of drug-likeness (QED) is 0.503. The van der Waals surface area contributed by atoms with Crippen LogP contribution in [0.3, 0.4) is 0 Å². The fraction of sp³-hybridized carbons (Fsp3) is 0.316. The van der Waals surface area contributed by atoms with Gasteiger partial charge in [-0.2, -0.15) is 0 Å². The SMILES string of the molecule is Cc1ccc([N+](=O)[O-])cc1S(=O)(=O)Nc1ccc(NC(=O)CN2CCOCC2)cc1. The number of anilines is 2. The lowest BCUT2D eigenvalue weighted by Crippen LogP contribution is -2.41. The first-order valence-electron chi connectivity index (χ1n) is 9.22. The molecule has 2 aromatic rings. The molecule has 0 saturated carbocycles. The maximum atomic E-state index is 12.7. The molecule has 0 spiro atoms. The Morgan fingerprint density at radius 1 is 1.13 bits per heavy atom. The Bertz CT molecular complexity index is 1030. The summed E-state index contributed by atoms with van der Waals surface area (Å²) >= 11 is 0. The molecule has 10 nitrogen and oxygen atoms in total. The first-order valence-corrected chi connectivity index (χ1v) is 10.7. The molecule has 0 radical (unpaired) electrons. The van der Waals surface area contributed by atoms with Crippen LogP contribution in [0.15, 0.2) is 47.4 Å². The van der Waals surface area contributed by atoms with Crippen molar-refractivity contribution < 1.29 is 22.9 Å². The van der Waals surface area contributed by atoms with Crippen molar-refractivity contribution in [2.45, 2.75) is 11.8 Å². The summed E-state index contributed by atoms with van der Waals surface area (Å²) in [6.45, 7) is 4.42. The van der Waals surface area contributed by atoms with Gasteiger partial charge in [-0.3, -0.25) is 24.5 Å². The van der Waals surface area contributed by atoms with Gasteiger partial charge < -0.3 is 10.1 Å². The Labute approximate surface area is 174 Å². The molecule has 0 aromatic heterocycles. The van der Waals surface area contributed by atoms with Crippen LogP contribution in [0, 0.1) is 17.0 Å². The number of morpholine rings is 1. The Kier molecular flexibility index (Phi) is 6.65. The van der Waals surface area contributed by atoms with Crippen LogP contribution in [0.25, 0.3) is 0 Å². The maximum Gasteiger partial charge on any atom is 0.270 e. The van der Waals surface area contributed by atoms with E-state index in [1.165, 1.54) is 24.3 Å². The Morgan fingerprint density at radius 3 is 2.40 bits per heavy atom. The summed E-state index contributed by atoms with van der Waals surface area (Å²) in [7, 11) is -4.02. The normalized spacial score (nSPS) is 14.8. The molecular formula is C19H22N4O6S. The predicted octanol–water partition coefficient (Wildman–Crippen LogP) is 1.97. The zero-order chi connectivity index (χ0) is 21.7. The number of rotatable bonds is 7. The van der Waals surface area contributed by atoms with Gasteiger partial charge in [0.05, 0.1) is 29.6 Å². The van der Waals surface area contributed by atoms with E-state index in [-0.39, 0.29) is 28.7 Å². The summed E-state index contributed by atoms with van der Waals surface area (Å²) < 4.78 is 33.0. The second kappa shape index (κ2) is 9.20. The molecule has 2 N–H and O–H groups in total. The first-order chi connectivity index (χ1) is 14.2. The van der Waals surface area contributed by atoms with Gasteiger partial charge in [-0.25, -0.2) is 8.42 Å². The molecule has 1 fully saturated rings. The highest BCUT2D eigenvalue weighted by Gasteiger charge is 2.21. The average Bonchev–Trinajstić information content (AvgIpc) is 2.70. The van der Waals surface area contributed by atoms with Crippen LogP contribution in [-0.2, 0) is 19.6 Å². The van der Waals surface area contributed by atoms with Gasteiger partial charge in [0.1, 0.15) is 0 Å². The average molecular weight is 434 g/mol. The summed E-state index contributed by atoms with van der Waals surface area (Å²) in [4.78, 5) is 24.3. The number of carbonyl (C=O) groups is 1. The number of amides is 1. The van der Waals surface area contributed by atoms with E-state index in [4.69, 9.17) is 4.74 Å². The second-order valence-electron chi connectivity index (χ2n) is 6.83. The molecule has 1 amide bonds. The van der Waals surface area contributed by atoms with E-state index in [0.29, 0.717) is 37.6 Å². The van der Waals surface area contributed by atoms with E-state index >= 15 is 0 Å². The van der Waals surface area contributed by atoms with Crippen LogP contribution >= 0.6 is 0 Å². The summed E-state index contributed by atoms with van der Waals surface area (Å²) in [5.74, 6) is -0.169. The lowest BCUT2D eigenvalue weighted by molar-refractivity contribution is -0.385. The van der Waals surface area contributed by atoms with E-state index in [1.807, 2.05) is 4.90 Å². The molecule has 1 heterocycles. The topological polar surface area (TPSA) is 131 Å². The van der Waals surface area contributed by atoms with Gasteiger partial charge in [0, 0.05) is 36.6 Å². The number of nitro benzene ring substituents is 1. The zero-order valence-corrected chi connectivity index (χ0v) is 17.1. The molecule has 1 aliphatic rings. The molecule has 0 unspecified atom stereocenters.